The number of aryl methyl sites for hydroxylation is 1. The minimum atomic E-state index is -0.953. The van der Waals surface area contributed by atoms with Gasteiger partial charge in [0.2, 0.25) is 0 Å². The summed E-state index contributed by atoms with van der Waals surface area (Å²) in [5, 5.41) is 13.1. The fraction of sp³-hybridized carbons (Fsp3) is 0.688. The third-order valence-corrected chi connectivity index (χ3v) is 7.53. The summed E-state index contributed by atoms with van der Waals surface area (Å²) in [5.74, 6) is 0.511. The van der Waals surface area contributed by atoms with E-state index in [2.05, 4.69) is 76.5 Å². The van der Waals surface area contributed by atoms with Crippen LogP contribution in [0, 0.1) is 18.3 Å². The molecule has 2 aromatic heterocycles. The van der Waals surface area contributed by atoms with Crippen molar-refractivity contribution in [2.75, 3.05) is 6.54 Å². The molecule has 1 fully saturated rings. The second-order valence-electron chi connectivity index (χ2n) is 14.2. The molecule has 0 aromatic carbocycles. The predicted octanol–water partition coefficient (Wildman–Crippen LogP) is 7.22. The molecule has 0 saturated heterocycles. The van der Waals surface area contributed by atoms with E-state index >= 15 is 0 Å². The molecule has 0 unspecified atom stereocenters. The van der Waals surface area contributed by atoms with Gasteiger partial charge in [0.1, 0.15) is 0 Å². The van der Waals surface area contributed by atoms with E-state index in [1.165, 1.54) is 32.1 Å². The molecule has 37 heavy (non-hydrogen) atoms. The number of nitrogens with one attached hydrogen (secondary N) is 1. The number of rotatable bonds is 8. The number of carbonyl (C=O) groups is 1. The lowest BCUT2D eigenvalue weighted by atomic mass is 9.87. The summed E-state index contributed by atoms with van der Waals surface area (Å²) >= 11 is 0. The molecule has 1 saturated carbocycles. The maximum atomic E-state index is 13.3. The van der Waals surface area contributed by atoms with Crippen LogP contribution in [0.1, 0.15) is 121 Å². The standard InChI is InChI=1S/C32H51N3O2/c1-22-26(29(36)33-21-32(8,9)37)19-27(35(22)20-23-13-11-10-12-14-23)24-17-25(15-16-30(2,3)4)34-28(18-24)31(5,6)7/h17-19,23,37H,10-16,20-21H2,1-9H3,(H,33,36). The molecule has 3 rings (SSSR count). The van der Waals surface area contributed by atoms with Crippen LogP contribution in [0.2, 0.25) is 0 Å². The van der Waals surface area contributed by atoms with Crippen LogP contribution in [0.3, 0.4) is 0 Å². The Hall–Kier alpha value is -2.14. The lowest BCUT2D eigenvalue weighted by Crippen LogP contribution is -2.38. The third-order valence-electron chi connectivity index (χ3n) is 7.53. The average Bonchev–Trinajstić information content (AvgIpc) is 3.11. The van der Waals surface area contributed by atoms with Crippen molar-refractivity contribution in [2.45, 2.75) is 125 Å². The molecule has 0 radical (unpaired) electrons. The summed E-state index contributed by atoms with van der Waals surface area (Å²) in [4.78, 5) is 18.3. The number of amides is 1. The van der Waals surface area contributed by atoms with Crippen molar-refractivity contribution in [3.05, 3.63) is 40.8 Å². The normalized spacial score (nSPS) is 15.7. The monoisotopic (exact) mass is 509 g/mol. The fourth-order valence-corrected chi connectivity index (χ4v) is 5.12. The highest BCUT2D eigenvalue weighted by Crippen LogP contribution is 2.34. The largest absolute Gasteiger partial charge is 0.389 e. The van der Waals surface area contributed by atoms with Crippen LogP contribution in [0.15, 0.2) is 18.2 Å². The van der Waals surface area contributed by atoms with Crippen LogP contribution in [0.25, 0.3) is 11.3 Å². The maximum absolute atomic E-state index is 13.3. The van der Waals surface area contributed by atoms with Crippen molar-refractivity contribution in [1.82, 2.24) is 14.9 Å². The van der Waals surface area contributed by atoms with Crippen molar-refractivity contribution in [2.24, 2.45) is 11.3 Å². The summed E-state index contributed by atoms with van der Waals surface area (Å²) in [7, 11) is 0. The van der Waals surface area contributed by atoms with Gasteiger partial charge < -0.3 is 15.0 Å². The Morgan fingerprint density at radius 3 is 2.24 bits per heavy atom. The smallest absolute Gasteiger partial charge is 0.253 e. The van der Waals surface area contributed by atoms with E-state index in [4.69, 9.17) is 4.98 Å². The SMILES string of the molecule is Cc1c(C(=O)NCC(C)(C)O)cc(-c2cc(CCC(C)(C)C)nc(C(C)(C)C)c2)n1CC1CCCCC1. The van der Waals surface area contributed by atoms with Crippen molar-refractivity contribution < 1.29 is 9.90 Å². The highest BCUT2D eigenvalue weighted by Gasteiger charge is 2.25. The molecule has 1 aliphatic rings. The summed E-state index contributed by atoms with van der Waals surface area (Å²) in [6, 6.07) is 6.53. The summed E-state index contributed by atoms with van der Waals surface area (Å²) in [5.41, 5.74) is 5.35. The Bertz CT molecular complexity index is 1070. The Morgan fingerprint density at radius 2 is 1.68 bits per heavy atom. The third kappa shape index (κ3) is 8.43. The zero-order valence-electron chi connectivity index (χ0n) is 24.9. The van der Waals surface area contributed by atoms with E-state index in [1.54, 1.807) is 13.8 Å². The van der Waals surface area contributed by atoms with Gasteiger partial charge in [-0.2, -0.15) is 0 Å². The summed E-state index contributed by atoms with van der Waals surface area (Å²) in [6.45, 7) is 20.1. The predicted molar refractivity (Wildman–Crippen MR) is 154 cm³/mol. The second-order valence-corrected chi connectivity index (χ2v) is 14.2. The van der Waals surface area contributed by atoms with E-state index in [9.17, 15) is 9.90 Å². The number of aliphatic hydroxyl groups is 1. The van der Waals surface area contributed by atoms with Crippen LogP contribution < -0.4 is 5.32 Å². The van der Waals surface area contributed by atoms with Crippen molar-refractivity contribution in [1.29, 1.82) is 0 Å². The highest BCUT2D eigenvalue weighted by atomic mass is 16.3. The van der Waals surface area contributed by atoms with Gasteiger partial charge in [-0.05, 0) is 76.0 Å². The van der Waals surface area contributed by atoms with E-state index in [1.807, 2.05) is 0 Å². The van der Waals surface area contributed by atoms with Crippen LogP contribution in [-0.2, 0) is 18.4 Å². The van der Waals surface area contributed by atoms with E-state index in [0.29, 0.717) is 11.5 Å². The first-order valence-electron chi connectivity index (χ1n) is 14.3. The van der Waals surface area contributed by atoms with Gasteiger partial charge in [-0.25, -0.2) is 0 Å². The first-order valence-corrected chi connectivity index (χ1v) is 14.3. The van der Waals surface area contributed by atoms with Gasteiger partial charge in [0.25, 0.3) is 5.91 Å². The lowest BCUT2D eigenvalue weighted by molar-refractivity contribution is 0.0694. The van der Waals surface area contributed by atoms with Crippen molar-refractivity contribution in [3.8, 4) is 11.3 Å². The molecule has 0 spiro atoms. The minimum absolute atomic E-state index is 0.0742. The van der Waals surface area contributed by atoms with Gasteiger partial charge in [-0.1, -0.05) is 60.8 Å². The molecule has 1 aliphatic carbocycles. The molecular formula is C32H51N3O2. The van der Waals surface area contributed by atoms with Gasteiger partial charge in [0.05, 0.1) is 11.2 Å². The van der Waals surface area contributed by atoms with Gasteiger partial charge in [0.15, 0.2) is 0 Å². The van der Waals surface area contributed by atoms with Crippen LogP contribution >= 0.6 is 0 Å². The molecule has 0 bridgehead atoms. The Balaban J connectivity index is 2.09. The van der Waals surface area contributed by atoms with Gasteiger partial charge in [-0.3, -0.25) is 9.78 Å². The van der Waals surface area contributed by atoms with Crippen LogP contribution in [-0.4, -0.2) is 32.7 Å². The fourth-order valence-electron chi connectivity index (χ4n) is 5.12. The number of hydrogen-bond acceptors (Lipinski definition) is 3. The topological polar surface area (TPSA) is 67.2 Å². The average molecular weight is 510 g/mol. The molecule has 0 atom stereocenters. The Kier molecular flexibility index (Phi) is 8.99. The molecule has 2 aromatic rings. The Morgan fingerprint density at radius 1 is 1.03 bits per heavy atom. The number of nitrogens with zero attached hydrogens (tertiary/aromatic N) is 2. The molecule has 5 heteroatoms. The van der Waals surface area contributed by atoms with E-state index in [-0.39, 0.29) is 23.3 Å². The summed E-state index contributed by atoms with van der Waals surface area (Å²) < 4.78 is 2.38. The van der Waals surface area contributed by atoms with E-state index in [0.717, 1.165) is 47.7 Å². The number of pyridine rings is 1. The number of aromatic nitrogens is 2. The zero-order valence-corrected chi connectivity index (χ0v) is 24.9. The molecule has 0 aliphatic heterocycles. The quantitative estimate of drug-likeness (QED) is 0.395. The first-order chi connectivity index (χ1) is 17.0. The number of carbonyl (C=O) groups excluding carboxylic acids is 1. The molecule has 5 nitrogen and oxygen atoms in total. The molecule has 1 amide bonds. The van der Waals surface area contributed by atoms with Gasteiger partial charge >= 0.3 is 0 Å². The highest BCUT2D eigenvalue weighted by molar-refractivity contribution is 5.97. The van der Waals surface area contributed by atoms with Crippen LogP contribution in [0.5, 0.6) is 0 Å². The second kappa shape index (κ2) is 11.3. The summed E-state index contributed by atoms with van der Waals surface area (Å²) in [6.07, 6.45) is 8.41. The first kappa shape index (κ1) is 29.4. The van der Waals surface area contributed by atoms with Crippen molar-refractivity contribution >= 4 is 5.91 Å². The molecule has 206 valence electrons. The van der Waals surface area contributed by atoms with E-state index < -0.39 is 5.60 Å². The maximum Gasteiger partial charge on any atom is 0.253 e. The molecule has 2 N–H and O–H groups in total. The minimum Gasteiger partial charge on any atom is -0.389 e. The van der Waals surface area contributed by atoms with Crippen LogP contribution in [0.4, 0.5) is 0 Å². The van der Waals surface area contributed by atoms with Gasteiger partial charge in [-0.15, -0.1) is 0 Å². The lowest BCUT2D eigenvalue weighted by Gasteiger charge is -2.25. The zero-order chi connectivity index (χ0) is 27.6. The molecular weight excluding hydrogens is 458 g/mol. The van der Waals surface area contributed by atoms with Gasteiger partial charge in [0, 0.05) is 46.8 Å². The van der Waals surface area contributed by atoms with Crippen molar-refractivity contribution in [3.63, 3.8) is 0 Å². The molecule has 2 heterocycles. The number of hydrogen-bond donors (Lipinski definition) is 2. The Labute approximate surface area is 225 Å².